The van der Waals surface area contributed by atoms with Gasteiger partial charge in [0, 0.05) is 29.6 Å². The van der Waals surface area contributed by atoms with E-state index in [1.807, 2.05) is 24.5 Å². The molecule has 1 heterocycles. The lowest BCUT2D eigenvalue weighted by Crippen LogP contribution is -2.18. The number of nitro benzene ring substituents is 1. The van der Waals surface area contributed by atoms with Gasteiger partial charge >= 0.3 is 0 Å². The van der Waals surface area contributed by atoms with E-state index >= 15 is 0 Å². The van der Waals surface area contributed by atoms with Crippen LogP contribution in [-0.4, -0.2) is 15.4 Å². The number of anilines is 1. The van der Waals surface area contributed by atoms with Gasteiger partial charge in [0.1, 0.15) is 5.69 Å². The molecule has 3 rings (SSSR count). The fourth-order valence-electron chi connectivity index (χ4n) is 3.31. The van der Waals surface area contributed by atoms with E-state index in [1.165, 1.54) is 23.8 Å². The molecule has 0 fully saturated rings. The van der Waals surface area contributed by atoms with Gasteiger partial charge in [-0.15, -0.1) is 0 Å². The van der Waals surface area contributed by atoms with Crippen LogP contribution in [0.15, 0.2) is 36.4 Å². The van der Waals surface area contributed by atoms with Gasteiger partial charge in [-0.25, -0.2) is 0 Å². The number of nitrogens with zero attached hydrogens (tertiary/aromatic N) is 2. The Hall–Kier alpha value is -2.86. The number of rotatable bonds is 5. The van der Waals surface area contributed by atoms with Crippen molar-refractivity contribution < 1.29 is 9.72 Å². The number of hydrogen-bond donors (Lipinski definition) is 1. The number of aryl methyl sites for hydroxylation is 3. The number of nitrogens with one attached hydrogen (secondary N) is 1. The largest absolute Gasteiger partial charge is 0.337 e. The molecule has 1 N–H and O–H groups in total. The Morgan fingerprint density at radius 1 is 1.22 bits per heavy atom. The van der Waals surface area contributed by atoms with Crippen LogP contribution in [0.25, 0.3) is 10.9 Å². The van der Waals surface area contributed by atoms with Crippen molar-refractivity contribution in [2.75, 3.05) is 5.32 Å². The summed E-state index contributed by atoms with van der Waals surface area (Å²) in [5.74, 6) is -0.292. The second kappa shape index (κ2) is 7.40. The molecular formula is C20H20ClN3O3. The molecule has 3 aromatic rings. The highest BCUT2D eigenvalue weighted by Gasteiger charge is 2.21. The number of carbonyl (C=O) groups excluding carboxylic acids is 1. The van der Waals surface area contributed by atoms with Crippen LogP contribution in [-0.2, 0) is 13.0 Å². The predicted octanol–water partition coefficient (Wildman–Crippen LogP) is 5.35. The van der Waals surface area contributed by atoms with Crippen LogP contribution in [0.3, 0.4) is 0 Å². The van der Waals surface area contributed by atoms with Crippen LogP contribution < -0.4 is 5.32 Å². The van der Waals surface area contributed by atoms with Crippen LogP contribution in [0.1, 0.15) is 35.5 Å². The van der Waals surface area contributed by atoms with E-state index in [9.17, 15) is 14.9 Å². The molecule has 0 saturated carbocycles. The maximum absolute atomic E-state index is 13.0. The van der Waals surface area contributed by atoms with E-state index < -0.39 is 4.92 Å². The third-order valence-electron chi connectivity index (χ3n) is 4.73. The molecule has 0 bridgehead atoms. The van der Waals surface area contributed by atoms with Gasteiger partial charge in [-0.3, -0.25) is 14.9 Å². The van der Waals surface area contributed by atoms with E-state index in [0.717, 1.165) is 22.9 Å². The zero-order valence-electron chi connectivity index (χ0n) is 15.4. The fraction of sp³-hybridized carbons (Fsp3) is 0.250. The molecule has 0 atom stereocenters. The summed E-state index contributed by atoms with van der Waals surface area (Å²) in [7, 11) is 0. The standard InChI is InChI=1S/C20H20ClN3O3/c1-4-13-6-9-18-15(10-13)12(3)19(23(18)5-2)20(25)22-17-8-7-14(24(26)27)11-16(17)21/h6-11H,4-5H2,1-3H3,(H,22,25). The second-order valence-corrected chi connectivity index (χ2v) is 6.71. The Bertz CT molecular complexity index is 1060. The van der Waals surface area contributed by atoms with Crippen molar-refractivity contribution in [2.45, 2.75) is 33.7 Å². The summed E-state index contributed by atoms with van der Waals surface area (Å²) < 4.78 is 1.97. The third kappa shape index (κ3) is 3.40. The van der Waals surface area contributed by atoms with Gasteiger partial charge in [0.05, 0.1) is 15.6 Å². The fourth-order valence-corrected chi connectivity index (χ4v) is 3.53. The predicted molar refractivity (Wildman–Crippen MR) is 108 cm³/mol. The number of amides is 1. The van der Waals surface area contributed by atoms with Gasteiger partial charge in [0.2, 0.25) is 0 Å². The zero-order valence-corrected chi connectivity index (χ0v) is 16.1. The van der Waals surface area contributed by atoms with Gasteiger partial charge in [-0.1, -0.05) is 24.6 Å². The normalized spacial score (nSPS) is 11.0. The molecule has 1 aromatic heterocycles. The average molecular weight is 386 g/mol. The maximum Gasteiger partial charge on any atom is 0.272 e. The van der Waals surface area contributed by atoms with Crippen molar-refractivity contribution in [3.8, 4) is 0 Å². The zero-order chi connectivity index (χ0) is 19.7. The Morgan fingerprint density at radius 3 is 2.56 bits per heavy atom. The Balaban J connectivity index is 2.03. The first-order valence-electron chi connectivity index (χ1n) is 8.74. The summed E-state index contributed by atoms with van der Waals surface area (Å²) in [5.41, 5.74) is 3.90. The summed E-state index contributed by atoms with van der Waals surface area (Å²) in [5, 5.41) is 14.8. The van der Waals surface area contributed by atoms with Gasteiger partial charge in [-0.2, -0.15) is 0 Å². The lowest BCUT2D eigenvalue weighted by Gasteiger charge is -2.11. The van der Waals surface area contributed by atoms with Crippen LogP contribution in [0.5, 0.6) is 0 Å². The highest BCUT2D eigenvalue weighted by Crippen LogP contribution is 2.30. The first-order valence-corrected chi connectivity index (χ1v) is 9.12. The number of aromatic nitrogens is 1. The number of benzene rings is 2. The Morgan fingerprint density at radius 2 is 1.96 bits per heavy atom. The van der Waals surface area contributed by atoms with E-state index in [0.29, 0.717) is 17.9 Å². The minimum Gasteiger partial charge on any atom is -0.337 e. The molecule has 0 radical (unpaired) electrons. The molecule has 6 nitrogen and oxygen atoms in total. The second-order valence-electron chi connectivity index (χ2n) is 6.30. The van der Waals surface area contributed by atoms with Crippen LogP contribution in [0.2, 0.25) is 5.02 Å². The van der Waals surface area contributed by atoms with Gasteiger partial charge in [-0.05, 0) is 49.6 Å². The summed E-state index contributed by atoms with van der Waals surface area (Å²) in [6.45, 7) is 6.66. The maximum atomic E-state index is 13.0. The lowest BCUT2D eigenvalue weighted by molar-refractivity contribution is -0.384. The first-order chi connectivity index (χ1) is 12.9. The van der Waals surface area contributed by atoms with Crippen LogP contribution in [0, 0.1) is 17.0 Å². The molecule has 0 spiro atoms. The summed E-state index contributed by atoms with van der Waals surface area (Å²) in [4.78, 5) is 23.3. The molecule has 0 saturated heterocycles. The minimum atomic E-state index is -0.526. The average Bonchev–Trinajstić information content (AvgIpc) is 2.94. The van der Waals surface area contributed by atoms with Crippen molar-refractivity contribution in [3.63, 3.8) is 0 Å². The van der Waals surface area contributed by atoms with Crippen molar-refractivity contribution in [1.82, 2.24) is 4.57 Å². The molecular weight excluding hydrogens is 366 g/mol. The van der Waals surface area contributed by atoms with Gasteiger partial charge < -0.3 is 9.88 Å². The highest BCUT2D eigenvalue weighted by atomic mass is 35.5. The topological polar surface area (TPSA) is 77.2 Å². The number of hydrogen-bond acceptors (Lipinski definition) is 3. The van der Waals surface area contributed by atoms with Crippen molar-refractivity contribution in [2.24, 2.45) is 0 Å². The lowest BCUT2D eigenvalue weighted by atomic mass is 10.1. The first kappa shape index (κ1) is 18.9. The van der Waals surface area contributed by atoms with Crippen molar-refractivity contribution in [3.05, 3.63) is 68.4 Å². The Labute approximate surface area is 161 Å². The number of halogens is 1. The molecule has 7 heteroatoms. The van der Waals surface area contributed by atoms with Gasteiger partial charge in [0.25, 0.3) is 11.6 Å². The molecule has 1 amide bonds. The molecule has 2 aromatic carbocycles. The molecule has 0 aliphatic carbocycles. The summed E-state index contributed by atoms with van der Waals surface area (Å²) >= 11 is 6.11. The quantitative estimate of drug-likeness (QED) is 0.475. The minimum absolute atomic E-state index is 0.121. The van der Waals surface area contributed by atoms with Gasteiger partial charge in [0.15, 0.2) is 0 Å². The van der Waals surface area contributed by atoms with Crippen molar-refractivity contribution in [1.29, 1.82) is 0 Å². The smallest absolute Gasteiger partial charge is 0.272 e. The number of fused-ring (bicyclic) bond motifs is 1. The highest BCUT2D eigenvalue weighted by molar-refractivity contribution is 6.34. The summed E-state index contributed by atoms with van der Waals surface area (Å²) in [6.07, 6.45) is 0.923. The number of nitro groups is 1. The Kier molecular flexibility index (Phi) is 5.19. The number of non-ortho nitro benzene ring substituents is 1. The van der Waals surface area contributed by atoms with Crippen molar-refractivity contribution >= 4 is 39.8 Å². The molecule has 0 aliphatic rings. The van der Waals surface area contributed by atoms with Crippen LogP contribution in [0.4, 0.5) is 11.4 Å². The summed E-state index contributed by atoms with van der Waals surface area (Å²) in [6, 6.07) is 10.2. The van der Waals surface area contributed by atoms with E-state index in [2.05, 4.69) is 24.4 Å². The van der Waals surface area contributed by atoms with E-state index in [-0.39, 0.29) is 16.6 Å². The van der Waals surface area contributed by atoms with E-state index in [1.54, 1.807) is 0 Å². The SMILES string of the molecule is CCc1ccc2c(c1)c(C)c(C(=O)Nc1ccc([N+](=O)[O-])cc1Cl)n2CC. The monoisotopic (exact) mass is 385 g/mol. The molecule has 140 valence electrons. The van der Waals surface area contributed by atoms with Crippen LogP contribution >= 0.6 is 11.6 Å². The third-order valence-corrected chi connectivity index (χ3v) is 5.04. The molecule has 0 unspecified atom stereocenters. The molecule has 27 heavy (non-hydrogen) atoms. The van der Waals surface area contributed by atoms with E-state index in [4.69, 9.17) is 11.6 Å². The number of carbonyl (C=O) groups is 1. The molecule has 0 aliphatic heterocycles.